The van der Waals surface area contributed by atoms with Crippen LogP contribution in [0.2, 0.25) is 0 Å². The lowest BCUT2D eigenvalue weighted by molar-refractivity contribution is 0.611. The van der Waals surface area contributed by atoms with E-state index in [1.54, 1.807) is 0 Å². The monoisotopic (exact) mass is 259 g/mol. The van der Waals surface area contributed by atoms with E-state index in [9.17, 15) is 0 Å². The molecule has 0 bridgehead atoms. The molecule has 0 aliphatic carbocycles. The maximum Gasteiger partial charge on any atom is 0.0297 e. The third-order valence-electron chi connectivity index (χ3n) is 3.35. The highest BCUT2D eigenvalue weighted by molar-refractivity contribution is 7.09. The number of benzene rings is 1. The van der Waals surface area contributed by atoms with Gasteiger partial charge in [-0.25, -0.2) is 0 Å². The standard InChI is InChI=1S/C16H21NS/c1-12-8-9-13(2)15(11-12)16(17)7-3-5-14-6-4-10-18-14/h4,6,8-11,16H,3,5,7,17H2,1-2H3. The van der Waals surface area contributed by atoms with Gasteiger partial charge in [0, 0.05) is 10.9 Å². The first-order valence-corrected chi connectivity index (χ1v) is 7.40. The molecule has 0 saturated carbocycles. The molecule has 96 valence electrons. The fraction of sp³-hybridized carbons (Fsp3) is 0.375. The number of aryl methyl sites for hydroxylation is 3. The topological polar surface area (TPSA) is 26.0 Å². The van der Waals surface area contributed by atoms with Crippen molar-refractivity contribution in [2.75, 3.05) is 0 Å². The van der Waals surface area contributed by atoms with E-state index in [1.165, 1.54) is 21.6 Å². The Labute approximate surface area is 114 Å². The number of rotatable bonds is 5. The van der Waals surface area contributed by atoms with Crippen LogP contribution in [-0.2, 0) is 6.42 Å². The van der Waals surface area contributed by atoms with E-state index in [2.05, 4.69) is 49.6 Å². The Morgan fingerprint density at radius 1 is 1.22 bits per heavy atom. The van der Waals surface area contributed by atoms with Crippen LogP contribution in [0, 0.1) is 13.8 Å². The Kier molecular flexibility index (Phi) is 4.56. The highest BCUT2D eigenvalue weighted by Crippen LogP contribution is 2.22. The van der Waals surface area contributed by atoms with E-state index in [0.717, 1.165) is 19.3 Å². The minimum atomic E-state index is 0.171. The van der Waals surface area contributed by atoms with E-state index >= 15 is 0 Å². The van der Waals surface area contributed by atoms with Crippen molar-refractivity contribution in [3.8, 4) is 0 Å². The van der Waals surface area contributed by atoms with E-state index in [1.807, 2.05) is 11.3 Å². The Bertz CT molecular complexity index is 488. The second-order valence-corrected chi connectivity index (χ2v) is 5.97. The Morgan fingerprint density at radius 2 is 2.06 bits per heavy atom. The van der Waals surface area contributed by atoms with Crippen molar-refractivity contribution in [3.05, 3.63) is 57.3 Å². The van der Waals surface area contributed by atoms with Gasteiger partial charge in [0.15, 0.2) is 0 Å². The fourth-order valence-corrected chi connectivity index (χ4v) is 3.02. The molecular weight excluding hydrogens is 238 g/mol. The molecule has 1 nitrogen and oxygen atoms in total. The predicted octanol–water partition coefficient (Wildman–Crippen LogP) is 4.39. The second kappa shape index (κ2) is 6.17. The zero-order valence-electron chi connectivity index (χ0n) is 11.1. The summed E-state index contributed by atoms with van der Waals surface area (Å²) in [5, 5.41) is 2.14. The van der Waals surface area contributed by atoms with E-state index in [-0.39, 0.29) is 6.04 Å². The lowest BCUT2D eigenvalue weighted by Crippen LogP contribution is -2.12. The SMILES string of the molecule is Cc1ccc(C)c(C(N)CCCc2cccs2)c1. The maximum atomic E-state index is 6.31. The molecule has 1 heterocycles. The van der Waals surface area contributed by atoms with E-state index in [4.69, 9.17) is 5.73 Å². The molecule has 0 radical (unpaired) electrons. The van der Waals surface area contributed by atoms with Crippen molar-refractivity contribution in [3.63, 3.8) is 0 Å². The Balaban J connectivity index is 1.91. The van der Waals surface area contributed by atoms with Gasteiger partial charge in [0.1, 0.15) is 0 Å². The van der Waals surface area contributed by atoms with Gasteiger partial charge in [-0.05, 0) is 55.7 Å². The largest absolute Gasteiger partial charge is 0.324 e. The minimum absolute atomic E-state index is 0.171. The molecule has 2 N–H and O–H groups in total. The summed E-state index contributed by atoms with van der Waals surface area (Å²) in [6.07, 6.45) is 3.37. The van der Waals surface area contributed by atoms with E-state index in [0.29, 0.717) is 0 Å². The molecule has 1 atom stereocenters. The molecular formula is C16H21NS. The summed E-state index contributed by atoms with van der Waals surface area (Å²) < 4.78 is 0. The fourth-order valence-electron chi connectivity index (χ4n) is 2.27. The van der Waals surface area contributed by atoms with Crippen LogP contribution in [0.1, 0.15) is 40.5 Å². The summed E-state index contributed by atoms with van der Waals surface area (Å²) in [4.78, 5) is 1.46. The van der Waals surface area contributed by atoms with Crippen molar-refractivity contribution >= 4 is 11.3 Å². The predicted molar refractivity (Wildman–Crippen MR) is 80.1 cm³/mol. The number of hydrogen-bond donors (Lipinski definition) is 1. The summed E-state index contributed by atoms with van der Waals surface area (Å²) in [7, 11) is 0. The number of nitrogens with two attached hydrogens (primary N) is 1. The van der Waals surface area contributed by atoms with Crippen LogP contribution >= 0.6 is 11.3 Å². The van der Waals surface area contributed by atoms with Crippen molar-refractivity contribution in [1.82, 2.24) is 0 Å². The van der Waals surface area contributed by atoms with Gasteiger partial charge in [0.25, 0.3) is 0 Å². The van der Waals surface area contributed by atoms with Gasteiger partial charge < -0.3 is 5.73 Å². The maximum absolute atomic E-state index is 6.31. The lowest BCUT2D eigenvalue weighted by Gasteiger charge is -2.15. The van der Waals surface area contributed by atoms with Crippen molar-refractivity contribution in [1.29, 1.82) is 0 Å². The van der Waals surface area contributed by atoms with Gasteiger partial charge in [-0.15, -0.1) is 11.3 Å². The highest BCUT2D eigenvalue weighted by Gasteiger charge is 2.09. The highest BCUT2D eigenvalue weighted by atomic mass is 32.1. The summed E-state index contributed by atoms with van der Waals surface area (Å²) in [5.41, 5.74) is 10.2. The Hall–Kier alpha value is -1.12. The third kappa shape index (κ3) is 3.44. The average Bonchev–Trinajstić information content (AvgIpc) is 2.85. The van der Waals surface area contributed by atoms with Crippen LogP contribution in [0.3, 0.4) is 0 Å². The number of thiophene rings is 1. The van der Waals surface area contributed by atoms with Crippen molar-refractivity contribution < 1.29 is 0 Å². The van der Waals surface area contributed by atoms with Gasteiger partial charge in [-0.1, -0.05) is 29.8 Å². The zero-order chi connectivity index (χ0) is 13.0. The van der Waals surface area contributed by atoms with Gasteiger partial charge in [-0.2, -0.15) is 0 Å². The molecule has 2 rings (SSSR count). The smallest absolute Gasteiger partial charge is 0.0297 e. The molecule has 0 aliphatic heterocycles. The van der Waals surface area contributed by atoms with Crippen LogP contribution < -0.4 is 5.73 Å². The van der Waals surface area contributed by atoms with Crippen LogP contribution in [0.5, 0.6) is 0 Å². The molecule has 0 aliphatic rings. The van der Waals surface area contributed by atoms with Crippen LogP contribution in [0.25, 0.3) is 0 Å². The molecule has 1 aromatic heterocycles. The summed E-state index contributed by atoms with van der Waals surface area (Å²) >= 11 is 1.84. The average molecular weight is 259 g/mol. The molecule has 2 heteroatoms. The summed E-state index contributed by atoms with van der Waals surface area (Å²) in [6, 6.07) is 11.0. The molecule has 0 amide bonds. The molecule has 0 saturated heterocycles. The number of hydrogen-bond acceptors (Lipinski definition) is 2. The zero-order valence-corrected chi connectivity index (χ0v) is 12.0. The molecule has 18 heavy (non-hydrogen) atoms. The quantitative estimate of drug-likeness (QED) is 0.847. The normalized spacial score (nSPS) is 12.6. The molecule has 1 aromatic carbocycles. The van der Waals surface area contributed by atoms with Crippen LogP contribution in [0.15, 0.2) is 35.7 Å². The first-order valence-electron chi connectivity index (χ1n) is 6.52. The van der Waals surface area contributed by atoms with Gasteiger partial charge in [0.05, 0.1) is 0 Å². The lowest BCUT2D eigenvalue weighted by atomic mass is 9.96. The summed E-state index contributed by atoms with van der Waals surface area (Å²) in [5.74, 6) is 0. The van der Waals surface area contributed by atoms with E-state index < -0.39 is 0 Å². The first-order chi connectivity index (χ1) is 8.66. The van der Waals surface area contributed by atoms with Gasteiger partial charge >= 0.3 is 0 Å². The van der Waals surface area contributed by atoms with Crippen LogP contribution in [-0.4, -0.2) is 0 Å². The van der Waals surface area contributed by atoms with Crippen molar-refractivity contribution in [2.24, 2.45) is 5.73 Å². The molecule has 0 spiro atoms. The van der Waals surface area contributed by atoms with Gasteiger partial charge in [0.2, 0.25) is 0 Å². The Morgan fingerprint density at radius 3 is 2.78 bits per heavy atom. The molecule has 0 fully saturated rings. The second-order valence-electron chi connectivity index (χ2n) is 4.94. The van der Waals surface area contributed by atoms with Crippen LogP contribution in [0.4, 0.5) is 0 Å². The first kappa shape index (κ1) is 13.3. The summed E-state index contributed by atoms with van der Waals surface area (Å²) in [6.45, 7) is 4.27. The van der Waals surface area contributed by atoms with Crippen molar-refractivity contribution in [2.45, 2.75) is 39.2 Å². The third-order valence-corrected chi connectivity index (χ3v) is 4.29. The molecule has 1 unspecified atom stereocenters. The molecule has 2 aromatic rings. The van der Waals surface area contributed by atoms with Gasteiger partial charge in [-0.3, -0.25) is 0 Å². The minimum Gasteiger partial charge on any atom is -0.324 e.